The molecule has 0 saturated heterocycles. The maximum absolute atomic E-state index is 3.44. The molecule has 0 spiro atoms. The highest BCUT2D eigenvalue weighted by molar-refractivity contribution is 5.84. The second-order valence-corrected chi connectivity index (χ2v) is 3.88. The van der Waals surface area contributed by atoms with Crippen molar-refractivity contribution in [3.63, 3.8) is 0 Å². The average Bonchev–Trinajstić information content (AvgIpc) is 2.51. The van der Waals surface area contributed by atoms with Gasteiger partial charge in [-0.15, -0.1) is 0 Å². The summed E-state index contributed by atoms with van der Waals surface area (Å²) in [5.41, 5.74) is 4.11. The number of hydrogen-bond donors (Lipinski definition) is 1. The molecule has 0 aliphatic carbocycles. The van der Waals surface area contributed by atoms with Crippen LogP contribution < -0.4 is 0 Å². The zero-order valence-electron chi connectivity index (χ0n) is 8.93. The molecule has 0 saturated carbocycles. The lowest BCUT2D eigenvalue weighted by atomic mass is 10.1. The Bertz CT molecular complexity index is 431. The van der Waals surface area contributed by atoms with E-state index in [1.807, 2.05) is 0 Å². The van der Waals surface area contributed by atoms with Gasteiger partial charge in [0.1, 0.15) is 0 Å². The Morgan fingerprint density at radius 2 is 2.07 bits per heavy atom. The van der Waals surface area contributed by atoms with Crippen molar-refractivity contribution in [1.29, 1.82) is 0 Å². The molecule has 0 fully saturated rings. The van der Waals surface area contributed by atoms with Crippen LogP contribution in [0.4, 0.5) is 0 Å². The van der Waals surface area contributed by atoms with Crippen LogP contribution in [-0.2, 0) is 6.42 Å². The van der Waals surface area contributed by atoms with E-state index in [1.54, 1.807) is 0 Å². The monoisotopic (exact) mass is 189 g/mol. The van der Waals surface area contributed by atoms with E-state index in [4.69, 9.17) is 0 Å². The summed E-state index contributed by atoms with van der Waals surface area (Å²) >= 11 is 0. The molecule has 0 aliphatic rings. The number of aromatic amines is 1. The second-order valence-electron chi connectivity index (χ2n) is 3.88. The number of hydrogen-bond acceptors (Lipinski definition) is 0. The predicted octanol–water partition coefficient (Wildman–Crippen LogP) is 4.06. The Labute approximate surface area is 86.6 Å². The predicted molar refractivity (Wildman–Crippen MR) is 63.8 cm³/mol. The maximum Gasteiger partial charge on any atom is 0.0458 e. The van der Waals surface area contributed by atoms with E-state index >= 15 is 0 Å². The average molecular weight is 189 g/mol. The standard InChI is InChI=1S/C13H17N.H2/c1-3-4-7-11-10(2)14-13-9-6-5-8-12(11)13;/h5-6,8-9,14H,3-4,7H2,1-2H3;1H. The Hall–Kier alpha value is -1.24. The first-order valence-corrected chi connectivity index (χ1v) is 5.39. The van der Waals surface area contributed by atoms with E-state index in [0.717, 1.165) is 0 Å². The van der Waals surface area contributed by atoms with Gasteiger partial charge in [-0.2, -0.15) is 0 Å². The van der Waals surface area contributed by atoms with Crippen molar-refractivity contribution < 1.29 is 1.43 Å². The summed E-state index contributed by atoms with van der Waals surface area (Å²) in [5.74, 6) is 0. The van der Waals surface area contributed by atoms with Crippen LogP contribution in [0.15, 0.2) is 24.3 Å². The zero-order valence-corrected chi connectivity index (χ0v) is 8.93. The number of rotatable bonds is 3. The van der Waals surface area contributed by atoms with E-state index in [1.165, 1.54) is 41.4 Å². The van der Waals surface area contributed by atoms with Gasteiger partial charge in [-0.1, -0.05) is 31.5 Å². The highest BCUT2D eigenvalue weighted by atomic mass is 14.7. The molecule has 2 rings (SSSR count). The Balaban J connectivity index is 0.00000112. The fraction of sp³-hybridized carbons (Fsp3) is 0.385. The molecule has 1 aromatic heterocycles. The first-order chi connectivity index (χ1) is 6.83. The summed E-state index contributed by atoms with van der Waals surface area (Å²) < 4.78 is 0. The van der Waals surface area contributed by atoms with Crippen LogP contribution in [0.5, 0.6) is 0 Å². The normalized spacial score (nSPS) is 11.0. The Morgan fingerprint density at radius 3 is 2.86 bits per heavy atom. The molecule has 14 heavy (non-hydrogen) atoms. The van der Waals surface area contributed by atoms with Gasteiger partial charge in [0.2, 0.25) is 0 Å². The highest BCUT2D eigenvalue weighted by Crippen LogP contribution is 2.23. The van der Waals surface area contributed by atoms with Crippen LogP contribution in [0.3, 0.4) is 0 Å². The number of aryl methyl sites for hydroxylation is 2. The van der Waals surface area contributed by atoms with Gasteiger partial charge < -0.3 is 4.98 Å². The van der Waals surface area contributed by atoms with Gasteiger partial charge >= 0.3 is 0 Å². The fourth-order valence-corrected chi connectivity index (χ4v) is 2.01. The second kappa shape index (κ2) is 3.87. The van der Waals surface area contributed by atoms with Gasteiger partial charge in [0, 0.05) is 18.0 Å². The third-order valence-corrected chi connectivity index (χ3v) is 2.81. The summed E-state index contributed by atoms with van der Waals surface area (Å²) in [5, 5.41) is 1.40. The zero-order chi connectivity index (χ0) is 9.97. The summed E-state index contributed by atoms with van der Waals surface area (Å²) in [6.07, 6.45) is 3.74. The molecule has 1 nitrogen and oxygen atoms in total. The van der Waals surface area contributed by atoms with E-state index in [2.05, 4.69) is 43.1 Å². The third kappa shape index (κ3) is 1.54. The van der Waals surface area contributed by atoms with Crippen molar-refractivity contribution in [1.82, 2.24) is 4.98 Å². The van der Waals surface area contributed by atoms with Gasteiger partial charge in [0.05, 0.1) is 0 Å². The minimum Gasteiger partial charge on any atom is -0.358 e. The molecule has 0 bridgehead atoms. The lowest BCUT2D eigenvalue weighted by Crippen LogP contribution is -1.85. The van der Waals surface area contributed by atoms with Crippen molar-refractivity contribution in [3.8, 4) is 0 Å². The molecule has 0 aliphatic heterocycles. The van der Waals surface area contributed by atoms with Gasteiger partial charge in [-0.05, 0) is 31.4 Å². The van der Waals surface area contributed by atoms with Crippen molar-refractivity contribution in [3.05, 3.63) is 35.5 Å². The molecule has 0 radical (unpaired) electrons. The highest BCUT2D eigenvalue weighted by Gasteiger charge is 2.06. The third-order valence-electron chi connectivity index (χ3n) is 2.81. The lowest BCUT2D eigenvalue weighted by Gasteiger charge is -1.98. The number of unbranched alkanes of at least 4 members (excludes halogenated alkanes) is 1. The topological polar surface area (TPSA) is 15.8 Å². The van der Waals surface area contributed by atoms with Gasteiger partial charge in [-0.3, -0.25) is 0 Å². The summed E-state index contributed by atoms with van der Waals surface area (Å²) in [4.78, 5) is 3.44. The minimum absolute atomic E-state index is 0. The molecule has 1 heteroatoms. The fourth-order valence-electron chi connectivity index (χ4n) is 2.01. The van der Waals surface area contributed by atoms with E-state index in [-0.39, 0.29) is 1.43 Å². The minimum atomic E-state index is 0. The number of aromatic nitrogens is 1. The van der Waals surface area contributed by atoms with E-state index < -0.39 is 0 Å². The van der Waals surface area contributed by atoms with Crippen LogP contribution >= 0.6 is 0 Å². The van der Waals surface area contributed by atoms with Crippen LogP contribution in [0.25, 0.3) is 10.9 Å². The summed E-state index contributed by atoms with van der Waals surface area (Å²) in [6, 6.07) is 8.56. The van der Waals surface area contributed by atoms with Crippen LogP contribution in [0, 0.1) is 6.92 Å². The maximum atomic E-state index is 3.44. The molecule has 0 unspecified atom stereocenters. The van der Waals surface area contributed by atoms with E-state index in [0.29, 0.717) is 0 Å². The molecule has 76 valence electrons. The summed E-state index contributed by atoms with van der Waals surface area (Å²) in [6.45, 7) is 4.41. The molecule has 0 amide bonds. The van der Waals surface area contributed by atoms with Gasteiger partial charge in [0.25, 0.3) is 0 Å². The molecule has 1 N–H and O–H groups in total. The van der Waals surface area contributed by atoms with E-state index in [9.17, 15) is 0 Å². The quantitative estimate of drug-likeness (QED) is 0.749. The smallest absolute Gasteiger partial charge is 0.0458 e. The molecule has 0 atom stereocenters. The van der Waals surface area contributed by atoms with Crippen molar-refractivity contribution in [2.45, 2.75) is 33.1 Å². The number of nitrogens with one attached hydrogen (secondary N) is 1. The largest absolute Gasteiger partial charge is 0.358 e. The first kappa shape index (κ1) is 9.32. The molecule has 1 heterocycles. The van der Waals surface area contributed by atoms with Gasteiger partial charge in [-0.25, -0.2) is 0 Å². The van der Waals surface area contributed by atoms with Crippen molar-refractivity contribution in [2.75, 3.05) is 0 Å². The van der Waals surface area contributed by atoms with Crippen molar-refractivity contribution >= 4 is 10.9 Å². The molecule has 1 aromatic carbocycles. The number of benzene rings is 1. The SMILES string of the molecule is CCCCc1c(C)[nH]c2ccccc12.[HH]. The molecular formula is C13H19N. The lowest BCUT2D eigenvalue weighted by molar-refractivity contribution is 0.794. The summed E-state index contributed by atoms with van der Waals surface area (Å²) in [7, 11) is 0. The number of H-pyrrole nitrogens is 1. The molecule has 2 aromatic rings. The first-order valence-electron chi connectivity index (χ1n) is 5.39. The van der Waals surface area contributed by atoms with Crippen molar-refractivity contribution in [2.24, 2.45) is 0 Å². The molecular weight excluding hydrogens is 170 g/mol. The van der Waals surface area contributed by atoms with Crippen LogP contribution in [0.2, 0.25) is 0 Å². The van der Waals surface area contributed by atoms with Gasteiger partial charge in [0.15, 0.2) is 0 Å². The number of para-hydroxylation sites is 1. The number of fused-ring (bicyclic) bond motifs is 1. The van der Waals surface area contributed by atoms with Crippen LogP contribution in [-0.4, -0.2) is 4.98 Å². The Morgan fingerprint density at radius 1 is 1.29 bits per heavy atom. The van der Waals surface area contributed by atoms with Crippen LogP contribution in [0.1, 0.15) is 32.4 Å². The Kier molecular flexibility index (Phi) is 2.58.